The molecule has 1 aromatic heterocycles. The van der Waals surface area contributed by atoms with E-state index in [1.54, 1.807) is 25.1 Å². The summed E-state index contributed by atoms with van der Waals surface area (Å²) in [5.74, 6) is 0. The number of aliphatic hydroxyl groups excluding tert-OH is 1. The standard InChI is InChI=1S/C26H34N2O4S/c1-3-4-6-17-25(29)23-15-9-10-16-24(23)28(33(30,31)26-20-32-19-21(26)2)27-18-11-14-22-12-7-5-8-13-22/h5,7-10,12-13,15-16,19-20,25,27,29H,3-4,6,11,14,17-18H2,1-2H3. The molecule has 2 N–H and O–H groups in total. The van der Waals surface area contributed by atoms with Gasteiger partial charge in [0.15, 0.2) is 0 Å². The summed E-state index contributed by atoms with van der Waals surface area (Å²) >= 11 is 0. The summed E-state index contributed by atoms with van der Waals surface area (Å²) in [5, 5.41) is 10.9. The highest BCUT2D eigenvalue weighted by Gasteiger charge is 2.30. The SMILES string of the molecule is CCCCCC(O)c1ccccc1N(NCCCc1ccccc1)S(=O)(=O)c1cocc1C. The van der Waals surface area contributed by atoms with Crippen molar-refractivity contribution in [3.05, 3.63) is 83.8 Å². The largest absolute Gasteiger partial charge is 0.471 e. The van der Waals surface area contributed by atoms with E-state index >= 15 is 0 Å². The number of hydrazine groups is 1. The second-order valence-corrected chi connectivity index (χ2v) is 10.0. The van der Waals surface area contributed by atoms with Crippen LogP contribution in [0, 0.1) is 6.92 Å². The van der Waals surface area contributed by atoms with Crippen molar-refractivity contribution >= 4 is 15.7 Å². The number of rotatable bonds is 13. The molecule has 0 saturated carbocycles. The van der Waals surface area contributed by atoms with Gasteiger partial charge in [0.05, 0.1) is 18.1 Å². The number of hydrogen-bond donors (Lipinski definition) is 2. The van der Waals surface area contributed by atoms with E-state index < -0.39 is 16.1 Å². The number of hydrogen-bond acceptors (Lipinski definition) is 5. The number of furan rings is 1. The van der Waals surface area contributed by atoms with Gasteiger partial charge in [0.1, 0.15) is 11.2 Å². The molecule has 0 saturated heterocycles. The lowest BCUT2D eigenvalue weighted by molar-refractivity contribution is 0.164. The minimum absolute atomic E-state index is 0.105. The number of sulfonamides is 1. The first kappa shape index (κ1) is 25.0. The predicted molar refractivity (Wildman–Crippen MR) is 131 cm³/mol. The normalized spacial score (nSPS) is 12.6. The Morgan fingerprint density at radius 1 is 1.00 bits per heavy atom. The molecule has 7 heteroatoms. The average Bonchev–Trinajstić information content (AvgIpc) is 3.26. The molecule has 178 valence electrons. The van der Waals surface area contributed by atoms with Gasteiger partial charge in [-0.3, -0.25) is 0 Å². The van der Waals surface area contributed by atoms with Crippen molar-refractivity contribution in [3.8, 4) is 0 Å². The van der Waals surface area contributed by atoms with Crippen LogP contribution < -0.4 is 9.84 Å². The summed E-state index contributed by atoms with van der Waals surface area (Å²) in [6.45, 7) is 4.27. The summed E-state index contributed by atoms with van der Waals surface area (Å²) in [4.78, 5) is 0.105. The van der Waals surface area contributed by atoms with Crippen LogP contribution in [0.3, 0.4) is 0 Å². The molecule has 0 spiro atoms. The third-order valence-corrected chi connectivity index (χ3v) is 7.44. The first-order valence-electron chi connectivity index (χ1n) is 11.6. The maximum atomic E-state index is 13.6. The zero-order valence-electron chi connectivity index (χ0n) is 19.4. The molecule has 0 amide bonds. The second kappa shape index (κ2) is 12.0. The summed E-state index contributed by atoms with van der Waals surface area (Å²) in [6.07, 6.45) is 7.04. The van der Waals surface area contributed by atoms with E-state index in [0.717, 1.165) is 32.1 Å². The third-order valence-electron chi connectivity index (χ3n) is 5.66. The van der Waals surface area contributed by atoms with Crippen molar-refractivity contribution in [1.82, 2.24) is 5.43 Å². The third kappa shape index (κ3) is 6.47. The zero-order chi connectivity index (χ0) is 23.7. The molecular weight excluding hydrogens is 436 g/mol. The van der Waals surface area contributed by atoms with Gasteiger partial charge in [0, 0.05) is 17.7 Å². The van der Waals surface area contributed by atoms with Crippen LogP contribution in [0.5, 0.6) is 0 Å². The van der Waals surface area contributed by atoms with Crippen LogP contribution in [0.15, 0.2) is 76.4 Å². The molecule has 3 aromatic rings. The van der Waals surface area contributed by atoms with Gasteiger partial charge in [-0.2, -0.15) is 12.8 Å². The van der Waals surface area contributed by atoms with Crippen molar-refractivity contribution in [1.29, 1.82) is 0 Å². The number of para-hydroxylation sites is 1. The van der Waals surface area contributed by atoms with Gasteiger partial charge in [-0.15, -0.1) is 0 Å². The van der Waals surface area contributed by atoms with Crippen LogP contribution in [0.2, 0.25) is 0 Å². The van der Waals surface area contributed by atoms with Crippen LogP contribution >= 0.6 is 0 Å². The van der Waals surface area contributed by atoms with Crippen LogP contribution in [0.25, 0.3) is 0 Å². The van der Waals surface area contributed by atoms with E-state index in [0.29, 0.717) is 29.8 Å². The van der Waals surface area contributed by atoms with Gasteiger partial charge < -0.3 is 9.52 Å². The van der Waals surface area contributed by atoms with Gasteiger partial charge in [0.2, 0.25) is 0 Å². The maximum absolute atomic E-state index is 13.6. The minimum atomic E-state index is -3.95. The highest BCUT2D eigenvalue weighted by Crippen LogP contribution is 2.33. The smallest absolute Gasteiger partial charge is 0.281 e. The Hall–Kier alpha value is -2.61. The van der Waals surface area contributed by atoms with E-state index in [-0.39, 0.29) is 4.90 Å². The van der Waals surface area contributed by atoms with Crippen LogP contribution in [-0.2, 0) is 16.4 Å². The molecule has 0 aliphatic carbocycles. The molecular formula is C26H34N2O4S. The molecule has 1 heterocycles. The molecule has 0 aliphatic heterocycles. The van der Waals surface area contributed by atoms with Crippen molar-refractivity contribution in [2.24, 2.45) is 0 Å². The molecule has 0 aliphatic rings. The maximum Gasteiger partial charge on any atom is 0.281 e. The molecule has 0 fully saturated rings. The Kier molecular flexibility index (Phi) is 9.11. The summed E-state index contributed by atoms with van der Waals surface area (Å²) < 4.78 is 33.6. The van der Waals surface area contributed by atoms with E-state index in [2.05, 4.69) is 24.5 Å². The van der Waals surface area contributed by atoms with Crippen LogP contribution in [0.1, 0.15) is 61.8 Å². The fourth-order valence-electron chi connectivity index (χ4n) is 3.83. The molecule has 0 bridgehead atoms. The lowest BCUT2D eigenvalue weighted by Gasteiger charge is -2.28. The summed E-state index contributed by atoms with van der Waals surface area (Å²) in [6, 6.07) is 17.2. The van der Waals surface area contributed by atoms with E-state index in [1.807, 2.05) is 24.3 Å². The predicted octanol–water partition coefficient (Wildman–Crippen LogP) is 5.53. The highest BCUT2D eigenvalue weighted by atomic mass is 32.2. The van der Waals surface area contributed by atoms with Gasteiger partial charge in [-0.1, -0.05) is 74.7 Å². The van der Waals surface area contributed by atoms with Crippen LogP contribution in [0.4, 0.5) is 5.69 Å². The number of aliphatic hydroxyl groups is 1. The Morgan fingerprint density at radius 3 is 2.42 bits per heavy atom. The first-order chi connectivity index (χ1) is 15.9. The Labute approximate surface area is 197 Å². The van der Waals surface area contributed by atoms with E-state index in [4.69, 9.17) is 4.42 Å². The lowest BCUT2D eigenvalue weighted by Crippen LogP contribution is -2.44. The van der Waals surface area contributed by atoms with Crippen molar-refractivity contribution in [3.63, 3.8) is 0 Å². The molecule has 0 radical (unpaired) electrons. The lowest BCUT2D eigenvalue weighted by atomic mass is 10.0. The van der Waals surface area contributed by atoms with Crippen molar-refractivity contribution in [2.45, 2.75) is 63.4 Å². The Balaban J connectivity index is 1.87. The van der Waals surface area contributed by atoms with Gasteiger partial charge >= 0.3 is 0 Å². The Morgan fingerprint density at radius 2 is 1.73 bits per heavy atom. The molecule has 1 atom stereocenters. The Bertz CT molecular complexity index is 1100. The number of benzene rings is 2. The average molecular weight is 471 g/mol. The summed E-state index contributed by atoms with van der Waals surface area (Å²) in [5.41, 5.74) is 5.88. The molecule has 3 rings (SSSR count). The number of unbranched alkanes of at least 4 members (excludes halogenated alkanes) is 2. The monoisotopic (exact) mass is 470 g/mol. The molecule has 1 unspecified atom stereocenters. The van der Waals surface area contributed by atoms with Gasteiger partial charge in [-0.05, 0) is 37.8 Å². The fraction of sp³-hybridized carbons (Fsp3) is 0.385. The van der Waals surface area contributed by atoms with Gasteiger partial charge in [-0.25, -0.2) is 5.43 Å². The number of nitrogens with one attached hydrogen (secondary N) is 1. The highest BCUT2D eigenvalue weighted by molar-refractivity contribution is 7.92. The molecule has 2 aromatic carbocycles. The van der Waals surface area contributed by atoms with Crippen molar-refractivity contribution < 1.29 is 17.9 Å². The fourth-order valence-corrected chi connectivity index (χ4v) is 5.34. The number of aryl methyl sites for hydroxylation is 2. The number of nitrogens with zero attached hydrogens (tertiary/aromatic N) is 1. The van der Waals surface area contributed by atoms with Crippen molar-refractivity contribution in [2.75, 3.05) is 11.0 Å². The zero-order valence-corrected chi connectivity index (χ0v) is 20.2. The molecule has 6 nitrogen and oxygen atoms in total. The topological polar surface area (TPSA) is 82.8 Å². The van der Waals surface area contributed by atoms with Gasteiger partial charge in [0.25, 0.3) is 10.0 Å². The molecule has 33 heavy (non-hydrogen) atoms. The van der Waals surface area contributed by atoms with E-state index in [1.165, 1.54) is 22.5 Å². The minimum Gasteiger partial charge on any atom is -0.471 e. The van der Waals surface area contributed by atoms with Crippen LogP contribution in [-0.4, -0.2) is 20.1 Å². The second-order valence-electron chi connectivity index (χ2n) is 8.26. The summed E-state index contributed by atoms with van der Waals surface area (Å²) in [7, 11) is -3.95. The number of anilines is 1. The first-order valence-corrected chi connectivity index (χ1v) is 13.0. The quantitative estimate of drug-likeness (QED) is 0.253. The van der Waals surface area contributed by atoms with E-state index in [9.17, 15) is 13.5 Å².